The molecule has 0 aliphatic heterocycles. The predicted molar refractivity (Wildman–Crippen MR) is 90.9 cm³/mol. The summed E-state index contributed by atoms with van der Waals surface area (Å²) in [6.07, 6.45) is 3.71. The van der Waals surface area contributed by atoms with Gasteiger partial charge in [-0.15, -0.1) is 0 Å². The van der Waals surface area contributed by atoms with Gasteiger partial charge in [0.2, 0.25) is 0 Å². The summed E-state index contributed by atoms with van der Waals surface area (Å²) in [6.45, 7) is 2.12. The fourth-order valence-electron chi connectivity index (χ4n) is 2.48. The van der Waals surface area contributed by atoms with Gasteiger partial charge in [-0.1, -0.05) is 13.0 Å². The Bertz CT molecular complexity index is 788. The molecule has 3 nitrogen and oxygen atoms in total. The smallest absolute Gasteiger partial charge is 0.143 e. The number of fused-ring (bicyclic) bond motifs is 1. The lowest BCUT2D eigenvalue weighted by atomic mass is 10.1. The van der Waals surface area contributed by atoms with E-state index in [1.165, 1.54) is 5.69 Å². The molecule has 3 rings (SSSR count). The van der Waals surface area contributed by atoms with Gasteiger partial charge in [-0.25, -0.2) is 4.98 Å². The average Bonchev–Trinajstić information content (AvgIpc) is 2.83. The average molecular weight is 410 g/mol. The second kappa shape index (κ2) is 5.81. The molecule has 2 aromatic heterocycles. The van der Waals surface area contributed by atoms with Crippen molar-refractivity contribution in [3.05, 3.63) is 62.4 Å². The molecule has 21 heavy (non-hydrogen) atoms. The van der Waals surface area contributed by atoms with Gasteiger partial charge in [0.05, 0.1) is 14.6 Å². The van der Waals surface area contributed by atoms with Crippen molar-refractivity contribution < 1.29 is 5.11 Å². The Kier molecular flexibility index (Phi) is 4.04. The van der Waals surface area contributed by atoms with E-state index in [0.717, 1.165) is 29.7 Å². The predicted octanol–water partition coefficient (Wildman–Crippen LogP) is 4.72. The number of aryl methyl sites for hydroxylation is 1. The molecule has 0 saturated carbocycles. The number of aromatic nitrogens is 2. The van der Waals surface area contributed by atoms with E-state index in [-0.39, 0.29) is 5.75 Å². The number of benzene rings is 1. The second-order valence-corrected chi connectivity index (χ2v) is 6.58. The fourth-order valence-corrected chi connectivity index (χ4v) is 3.76. The van der Waals surface area contributed by atoms with E-state index >= 15 is 0 Å². The molecule has 0 amide bonds. The van der Waals surface area contributed by atoms with Gasteiger partial charge >= 0.3 is 0 Å². The standard InChI is InChI=1S/C16H14Br2N2O/c1-2-13-14(20-6-4-3-5-15(20)19-13)9-10-7-11(17)16(21)12(18)8-10/h3-8,21H,2,9H2,1H3. The van der Waals surface area contributed by atoms with Crippen molar-refractivity contribution in [1.29, 1.82) is 0 Å². The molecule has 0 unspecified atom stereocenters. The Balaban J connectivity index is 2.09. The number of pyridine rings is 1. The number of imidazole rings is 1. The van der Waals surface area contributed by atoms with Crippen LogP contribution in [0, 0.1) is 0 Å². The summed E-state index contributed by atoms with van der Waals surface area (Å²) < 4.78 is 3.52. The summed E-state index contributed by atoms with van der Waals surface area (Å²) >= 11 is 6.77. The topological polar surface area (TPSA) is 37.5 Å². The third-order valence-corrected chi connectivity index (χ3v) is 4.70. The van der Waals surface area contributed by atoms with E-state index in [1.54, 1.807) is 0 Å². The SMILES string of the molecule is CCc1nc2ccccn2c1Cc1cc(Br)c(O)c(Br)c1. The lowest BCUT2D eigenvalue weighted by Crippen LogP contribution is -1.98. The van der Waals surface area contributed by atoms with Crippen LogP contribution < -0.4 is 0 Å². The zero-order chi connectivity index (χ0) is 15.0. The highest BCUT2D eigenvalue weighted by molar-refractivity contribution is 9.11. The molecule has 1 aromatic carbocycles. The molecule has 2 heterocycles. The molecule has 0 saturated heterocycles. The molecular formula is C16H14Br2N2O. The van der Waals surface area contributed by atoms with Crippen LogP contribution in [0.4, 0.5) is 0 Å². The first kappa shape index (κ1) is 14.6. The number of rotatable bonds is 3. The lowest BCUT2D eigenvalue weighted by Gasteiger charge is -2.08. The Morgan fingerprint density at radius 2 is 1.90 bits per heavy atom. The Morgan fingerprint density at radius 3 is 2.57 bits per heavy atom. The number of aromatic hydroxyl groups is 1. The van der Waals surface area contributed by atoms with E-state index in [4.69, 9.17) is 0 Å². The summed E-state index contributed by atoms with van der Waals surface area (Å²) in [5, 5.41) is 9.82. The van der Waals surface area contributed by atoms with Crippen LogP contribution >= 0.6 is 31.9 Å². The number of hydrogen-bond donors (Lipinski definition) is 1. The van der Waals surface area contributed by atoms with Crippen LogP contribution in [0.2, 0.25) is 0 Å². The minimum atomic E-state index is 0.229. The van der Waals surface area contributed by atoms with Gasteiger partial charge in [0.25, 0.3) is 0 Å². The highest BCUT2D eigenvalue weighted by Crippen LogP contribution is 2.34. The first-order valence-electron chi connectivity index (χ1n) is 6.72. The van der Waals surface area contributed by atoms with Crippen molar-refractivity contribution in [2.75, 3.05) is 0 Å². The first-order chi connectivity index (χ1) is 10.1. The van der Waals surface area contributed by atoms with Crippen LogP contribution in [0.5, 0.6) is 5.75 Å². The number of nitrogens with zero attached hydrogens (tertiary/aromatic N) is 2. The van der Waals surface area contributed by atoms with Crippen LogP contribution in [-0.2, 0) is 12.8 Å². The van der Waals surface area contributed by atoms with Crippen molar-refractivity contribution in [2.24, 2.45) is 0 Å². The molecule has 0 fully saturated rings. The molecule has 0 radical (unpaired) electrons. The molecule has 0 atom stereocenters. The number of halogens is 2. The first-order valence-corrected chi connectivity index (χ1v) is 8.30. The van der Waals surface area contributed by atoms with Crippen molar-refractivity contribution >= 4 is 37.5 Å². The summed E-state index contributed by atoms with van der Waals surface area (Å²) in [7, 11) is 0. The monoisotopic (exact) mass is 408 g/mol. The molecule has 1 N–H and O–H groups in total. The van der Waals surface area contributed by atoms with Gasteiger partial charge in [-0.05, 0) is 68.1 Å². The van der Waals surface area contributed by atoms with Crippen LogP contribution in [0.15, 0.2) is 45.5 Å². The van der Waals surface area contributed by atoms with Crippen molar-refractivity contribution in [3.63, 3.8) is 0 Å². The van der Waals surface area contributed by atoms with Gasteiger partial charge in [0.15, 0.2) is 0 Å². The summed E-state index contributed by atoms with van der Waals surface area (Å²) in [4.78, 5) is 4.68. The fraction of sp³-hybridized carbons (Fsp3) is 0.188. The highest BCUT2D eigenvalue weighted by atomic mass is 79.9. The van der Waals surface area contributed by atoms with Crippen molar-refractivity contribution in [1.82, 2.24) is 9.38 Å². The quantitative estimate of drug-likeness (QED) is 0.679. The molecule has 3 aromatic rings. The minimum absolute atomic E-state index is 0.229. The Labute approximate surface area is 139 Å². The lowest BCUT2D eigenvalue weighted by molar-refractivity contribution is 0.468. The molecule has 5 heteroatoms. The van der Waals surface area contributed by atoms with E-state index in [2.05, 4.69) is 48.2 Å². The third kappa shape index (κ3) is 2.72. The number of phenolic OH excluding ortho intramolecular Hbond substituents is 1. The summed E-state index contributed by atoms with van der Waals surface area (Å²) in [5.41, 5.74) is 4.40. The molecule has 0 bridgehead atoms. The Hall–Kier alpha value is -1.33. The van der Waals surface area contributed by atoms with Gasteiger partial charge < -0.3 is 9.51 Å². The van der Waals surface area contributed by atoms with Gasteiger partial charge in [-0.3, -0.25) is 0 Å². The third-order valence-electron chi connectivity index (χ3n) is 3.49. The van der Waals surface area contributed by atoms with E-state index < -0.39 is 0 Å². The maximum absolute atomic E-state index is 9.82. The van der Waals surface area contributed by atoms with Crippen LogP contribution in [0.3, 0.4) is 0 Å². The molecule has 0 aliphatic rings. The second-order valence-electron chi connectivity index (χ2n) is 4.87. The van der Waals surface area contributed by atoms with E-state index in [9.17, 15) is 5.11 Å². The Morgan fingerprint density at radius 1 is 1.19 bits per heavy atom. The summed E-state index contributed by atoms with van der Waals surface area (Å²) in [6, 6.07) is 9.93. The maximum Gasteiger partial charge on any atom is 0.143 e. The molecule has 108 valence electrons. The van der Waals surface area contributed by atoms with Gasteiger partial charge in [-0.2, -0.15) is 0 Å². The normalized spacial score (nSPS) is 11.2. The van der Waals surface area contributed by atoms with Crippen LogP contribution in [-0.4, -0.2) is 14.5 Å². The molecule has 0 aliphatic carbocycles. The van der Waals surface area contributed by atoms with Crippen LogP contribution in [0.25, 0.3) is 5.65 Å². The van der Waals surface area contributed by atoms with Crippen molar-refractivity contribution in [2.45, 2.75) is 19.8 Å². The van der Waals surface area contributed by atoms with E-state index in [1.807, 2.05) is 36.5 Å². The van der Waals surface area contributed by atoms with Crippen molar-refractivity contribution in [3.8, 4) is 5.75 Å². The zero-order valence-electron chi connectivity index (χ0n) is 11.5. The summed E-state index contributed by atoms with van der Waals surface area (Å²) in [5.74, 6) is 0.229. The number of phenols is 1. The van der Waals surface area contributed by atoms with Gasteiger partial charge in [0, 0.05) is 18.3 Å². The van der Waals surface area contributed by atoms with Gasteiger partial charge in [0.1, 0.15) is 11.4 Å². The van der Waals surface area contributed by atoms with Crippen LogP contribution in [0.1, 0.15) is 23.9 Å². The largest absolute Gasteiger partial charge is 0.506 e. The zero-order valence-corrected chi connectivity index (χ0v) is 14.6. The number of hydrogen-bond acceptors (Lipinski definition) is 2. The minimum Gasteiger partial charge on any atom is -0.506 e. The molecule has 0 spiro atoms. The van der Waals surface area contributed by atoms with E-state index in [0.29, 0.717) is 8.95 Å². The molecular weight excluding hydrogens is 396 g/mol. The maximum atomic E-state index is 9.82. The highest BCUT2D eigenvalue weighted by Gasteiger charge is 2.13.